The van der Waals surface area contributed by atoms with Crippen LogP contribution in [0.1, 0.15) is 22.6 Å². The van der Waals surface area contributed by atoms with Crippen molar-refractivity contribution in [2.24, 2.45) is 7.05 Å². The summed E-state index contributed by atoms with van der Waals surface area (Å²) in [6, 6.07) is 0. The third-order valence-corrected chi connectivity index (χ3v) is 3.09. The minimum Gasteiger partial charge on any atom is -0.363 e. The summed E-state index contributed by atoms with van der Waals surface area (Å²) in [7, 11) is 1.90. The highest BCUT2D eigenvalue weighted by Crippen LogP contribution is 2.19. The van der Waals surface area contributed by atoms with Crippen LogP contribution in [0.25, 0.3) is 0 Å². The second-order valence-corrected chi connectivity index (χ2v) is 4.66. The quantitative estimate of drug-likeness (QED) is 0.926. The van der Waals surface area contributed by atoms with Gasteiger partial charge in [0.25, 0.3) is 0 Å². The highest BCUT2D eigenvalue weighted by atomic mass is 35.5. The van der Waals surface area contributed by atoms with E-state index in [2.05, 4.69) is 20.4 Å². The van der Waals surface area contributed by atoms with Crippen LogP contribution in [-0.4, -0.2) is 19.7 Å². The van der Waals surface area contributed by atoms with Crippen molar-refractivity contribution >= 4 is 17.4 Å². The van der Waals surface area contributed by atoms with Crippen molar-refractivity contribution in [1.82, 2.24) is 19.7 Å². The molecule has 0 aromatic carbocycles. The lowest BCUT2D eigenvalue weighted by atomic mass is 10.2. The number of hydrogen-bond donors (Lipinski definition) is 1. The van der Waals surface area contributed by atoms with Crippen LogP contribution in [0.15, 0.2) is 6.20 Å². The SMILES string of the molecule is Cc1nn(C)cc1CNc1nc(C)c(C)nc1Cl. The molecular weight excluding hydrogens is 250 g/mol. The van der Waals surface area contributed by atoms with E-state index in [1.165, 1.54) is 0 Å². The zero-order valence-electron chi connectivity index (χ0n) is 11.0. The van der Waals surface area contributed by atoms with Crippen molar-refractivity contribution in [3.05, 3.63) is 34.0 Å². The molecule has 0 aliphatic rings. The Morgan fingerprint density at radius 2 is 1.83 bits per heavy atom. The average Bonchev–Trinajstić information content (AvgIpc) is 2.61. The molecular formula is C12H16ClN5. The highest BCUT2D eigenvalue weighted by Gasteiger charge is 2.08. The molecule has 1 N–H and O–H groups in total. The van der Waals surface area contributed by atoms with Gasteiger partial charge in [-0.3, -0.25) is 4.68 Å². The molecule has 2 aromatic heterocycles. The van der Waals surface area contributed by atoms with Gasteiger partial charge < -0.3 is 5.32 Å². The third-order valence-electron chi connectivity index (χ3n) is 2.83. The van der Waals surface area contributed by atoms with E-state index in [-0.39, 0.29) is 0 Å². The zero-order valence-corrected chi connectivity index (χ0v) is 11.7. The molecule has 2 aromatic rings. The second kappa shape index (κ2) is 4.94. The van der Waals surface area contributed by atoms with Crippen molar-refractivity contribution in [2.75, 3.05) is 5.32 Å². The molecule has 0 saturated heterocycles. The fourth-order valence-electron chi connectivity index (χ4n) is 1.69. The molecule has 96 valence electrons. The van der Waals surface area contributed by atoms with Gasteiger partial charge >= 0.3 is 0 Å². The van der Waals surface area contributed by atoms with Crippen LogP contribution in [0.5, 0.6) is 0 Å². The standard InChI is InChI=1S/C12H16ClN5/c1-7-8(2)16-12(11(13)15-7)14-5-10-6-18(4)17-9(10)3/h6H,5H2,1-4H3,(H,14,16). The van der Waals surface area contributed by atoms with Gasteiger partial charge in [-0.05, 0) is 20.8 Å². The Morgan fingerprint density at radius 1 is 1.17 bits per heavy atom. The van der Waals surface area contributed by atoms with E-state index >= 15 is 0 Å². The van der Waals surface area contributed by atoms with Gasteiger partial charge in [0.1, 0.15) is 0 Å². The lowest BCUT2D eigenvalue weighted by Crippen LogP contribution is -2.05. The van der Waals surface area contributed by atoms with Crippen molar-refractivity contribution in [3.8, 4) is 0 Å². The van der Waals surface area contributed by atoms with E-state index in [0.29, 0.717) is 17.5 Å². The van der Waals surface area contributed by atoms with Crippen LogP contribution in [0.3, 0.4) is 0 Å². The summed E-state index contributed by atoms with van der Waals surface area (Å²) in [6.45, 7) is 6.42. The van der Waals surface area contributed by atoms with Crippen LogP contribution < -0.4 is 5.32 Å². The van der Waals surface area contributed by atoms with Gasteiger partial charge in [0.15, 0.2) is 11.0 Å². The molecule has 2 rings (SSSR count). The molecule has 0 saturated carbocycles. The van der Waals surface area contributed by atoms with Gasteiger partial charge in [0, 0.05) is 25.4 Å². The Kier molecular flexibility index (Phi) is 3.52. The van der Waals surface area contributed by atoms with E-state index in [9.17, 15) is 0 Å². The second-order valence-electron chi connectivity index (χ2n) is 4.30. The number of aryl methyl sites for hydroxylation is 4. The number of aromatic nitrogens is 4. The van der Waals surface area contributed by atoms with Gasteiger partial charge in [-0.2, -0.15) is 5.10 Å². The number of anilines is 1. The highest BCUT2D eigenvalue weighted by molar-refractivity contribution is 6.31. The van der Waals surface area contributed by atoms with Crippen molar-refractivity contribution < 1.29 is 0 Å². The summed E-state index contributed by atoms with van der Waals surface area (Å²) < 4.78 is 1.79. The van der Waals surface area contributed by atoms with Crippen LogP contribution in [0.4, 0.5) is 5.82 Å². The van der Waals surface area contributed by atoms with Crippen LogP contribution in [0, 0.1) is 20.8 Å². The lowest BCUT2D eigenvalue weighted by Gasteiger charge is -2.08. The molecule has 0 aliphatic carbocycles. The summed E-state index contributed by atoms with van der Waals surface area (Å²) in [5.74, 6) is 0.614. The first-order chi connectivity index (χ1) is 8.47. The molecule has 0 bridgehead atoms. The topological polar surface area (TPSA) is 55.6 Å². The summed E-state index contributed by atoms with van der Waals surface area (Å²) in [6.07, 6.45) is 1.98. The van der Waals surface area contributed by atoms with Crippen LogP contribution in [-0.2, 0) is 13.6 Å². The van der Waals surface area contributed by atoms with Gasteiger partial charge in [-0.1, -0.05) is 11.6 Å². The Bertz CT molecular complexity index is 576. The number of rotatable bonds is 3. The minimum absolute atomic E-state index is 0.402. The fraction of sp³-hybridized carbons (Fsp3) is 0.417. The van der Waals surface area contributed by atoms with Gasteiger partial charge in [-0.25, -0.2) is 9.97 Å². The maximum atomic E-state index is 6.06. The molecule has 5 nitrogen and oxygen atoms in total. The molecule has 0 unspecified atom stereocenters. The maximum absolute atomic E-state index is 6.06. The molecule has 0 spiro atoms. The van der Waals surface area contributed by atoms with E-state index in [0.717, 1.165) is 22.6 Å². The van der Waals surface area contributed by atoms with E-state index in [1.54, 1.807) is 4.68 Å². The summed E-state index contributed by atoms with van der Waals surface area (Å²) in [5, 5.41) is 7.88. The third kappa shape index (κ3) is 2.61. The average molecular weight is 266 g/mol. The monoisotopic (exact) mass is 265 g/mol. The molecule has 0 fully saturated rings. The Labute approximate surface area is 111 Å². The molecule has 0 amide bonds. The summed E-state index contributed by atoms with van der Waals surface area (Å²) >= 11 is 6.06. The molecule has 6 heteroatoms. The van der Waals surface area contributed by atoms with Gasteiger partial charge in [-0.15, -0.1) is 0 Å². The molecule has 18 heavy (non-hydrogen) atoms. The van der Waals surface area contributed by atoms with Gasteiger partial charge in [0.05, 0.1) is 17.1 Å². The lowest BCUT2D eigenvalue weighted by molar-refractivity contribution is 0.756. The largest absolute Gasteiger partial charge is 0.363 e. The normalized spacial score (nSPS) is 10.7. The van der Waals surface area contributed by atoms with E-state index in [4.69, 9.17) is 11.6 Å². The van der Waals surface area contributed by atoms with E-state index < -0.39 is 0 Å². The summed E-state index contributed by atoms with van der Waals surface area (Å²) in [5.41, 5.74) is 3.85. The number of nitrogens with zero attached hydrogens (tertiary/aromatic N) is 4. The first-order valence-electron chi connectivity index (χ1n) is 5.71. The van der Waals surface area contributed by atoms with E-state index in [1.807, 2.05) is 34.0 Å². The number of halogens is 1. The first kappa shape index (κ1) is 12.8. The number of nitrogens with one attached hydrogen (secondary N) is 1. The number of hydrogen-bond acceptors (Lipinski definition) is 4. The predicted molar refractivity (Wildman–Crippen MR) is 71.8 cm³/mol. The predicted octanol–water partition coefficient (Wildman–Crippen LogP) is 2.40. The Hall–Kier alpha value is -1.62. The summed E-state index contributed by atoms with van der Waals surface area (Å²) in [4.78, 5) is 8.62. The van der Waals surface area contributed by atoms with Gasteiger partial charge in [0.2, 0.25) is 0 Å². The Morgan fingerprint density at radius 3 is 2.44 bits per heavy atom. The van der Waals surface area contributed by atoms with Crippen LogP contribution >= 0.6 is 11.6 Å². The molecule has 2 heterocycles. The Balaban J connectivity index is 2.15. The van der Waals surface area contributed by atoms with Crippen molar-refractivity contribution in [2.45, 2.75) is 27.3 Å². The molecule has 0 aliphatic heterocycles. The van der Waals surface area contributed by atoms with Crippen LogP contribution in [0.2, 0.25) is 5.15 Å². The van der Waals surface area contributed by atoms with Crippen molar-refractivity contribution in [1.29, 1.82) is 0 Å². The maximum Gasteiger partial charge on any atom is 0.171 e. The smallest absolute Gasteiger partial charge is 0.171 e. The zero-order chi connectivity index (χ0) is 13.3. The first-order valence-corrected chi connectivity index (χ1v) is 6.09. The fourth-order valence-corrected chi connectivity index (χ4v) is 1.93. The minimum atomic E-state index is 0.402. The van der Waals surface area contributed by atoms with Crippen molar-refractivity contribution in [3.63, 3.8) is 0 Å². The molecule has 0 atom stereocenters. The molecule has 0 radical (unpaired) electrons.